The minimum absolute atomic E-state index is 0.176. The summed E-state index contributed by atoms with van der Waals surface area (Å²) in [4.78, 5) is 10.6. The first-order chi connectivity index (χ1) is 11.5. The number of nitrogens with zero attached hydrogens (tertiary/aromatic N) is 1. The van der Waals surface area contributed by atoms with Gasteiger partial charge in [0.2, 0.25) is 0 Å². The molecule has 2 rings (SSSR count). The Balaban J connectivity index is 2.18. The van der Waals surface area contributed by atoms with Gasteiger partial charge in [-0.3, -0.25) is 0 Å². The van der Waals surface area contributed by atoms with Crippen LogP contribution in [0.5, 0.6) is 11.5 Å². The summed E-state index contributed by atoms with van der Waals surface area (Å²) in [7, 11) is 1.53. The van der Waals surface area contributed by atoms with Crippen molar-refractivity contribution in [3.63, 3.8) is 0 Å². The van der Waals surface area contributed by atoms with Gasteiger partial charge in [0, 0.05) is 15.6 Å². The molecule has 0 atom stereocenters. The molecule has 0 fully saturated rings. The largest absolute Gasteiger partial charge is 0.493 e. The number of hydrogen-bond acceptors (Lipinski definition) is 4. The second-order valence-electron chi connectivity index (χ2n) is 4.63. The third kappa shape index (κ3) is 4.78. The van der Waals surface area contributed by atoms with Crippen LogP contribution in [0.25, 0.3) is 0 Å². The van der Waals surface area contributed by atoms with Crippen LogP contribution in [0.1, 0.15) is 11.1 Å². The molecule has 0 aromatic heterocycles. The fraction of sp³-hybridized carbons (Fsp3) is 0.125. The molecular formula is C16H15Cl2N3O3. The normalized spacial score (nSPS) is 10.6. The number of halogens is 2. The Labute approximate surface area is 149 Å². The van der Waals surface area contributed by atoms with Crippen LogP contribution in [0.4, 0.5) is 4.79 Å². The predicted molar refractivity (Wildman–Crippen MR) is 94.1 cm³/mol. The molecule has 2 aromatic rings. The Morgan fingerprint density at radius 1 is 1.25 bits per heavy atom. The first kappa shape index (κ1) is 17.9. The van der Waals surface area contributed by atoms with E-state index in [1.165, 1.54) is 13.3 Å². The lowest BCUT2D eigenvalue weighted by Gasteiger charge is -2.13. The van der Waals surface area contributed by atoms with Crippen molar-refractivity contribution in [2.75, 3.05) is 7.11 Å². The SMILES string of the molecule is COc1ccc(/C=N/NC(N)=O)cc1OCc1c(Cl)cccc1Cl. The van der Waals surface area contributed by atoms with Gasteiger partial charge in [0.05, 0.1) is 13.3 Å². The molecule has 0 heterocycles. The maximum absolute atomic E-state index is 10.6. The molecule has 0 bridgehead atoms. The molecule has 2 amide bonds. The van der Waals surface area contributed by atoms with Crippen LogP contribution in [0, 0.1) is 0 Å². The number of methoxy groups -OCH3 is 1. The minimum Gasteiger partial charge on any atom is -0.493 e. The lowest BCUT2D eigenvalue weighted by Crippen LogP contribution is -2.24. The van der Waals surface area contributed by atoms with Crippen LogP contribution < -0.4 is 20.6 Å². The predicted octanol–water partition coefficient (Wildman–Crippen LogP) is 3.58. The molecule has 2 aromatic carbocycles. The van der Waals surface area contributed by atoms with E-state index in [2.05, 4.69) is 10.5 Å². The summed E-state index contributed by atoms with van der Waals surface area (Å²) >= 11 is 12.3. The zero-order chi connectivity index (χ0) is 17.5. The van der Waals surface area contributed by atoms with Crippen LogP contribution in [0.2, 0.25) is 10.0 Å². The highest BCUT2D eigenvalue weighted by Gasteiger charge is 2.10. The molecule has 0 saturated heterocycles. The van der Waals surface area contributed by atoms with Crippen molar-refractivity contribution in [3.05, 3.63) is 57.6 Å². The molecule has 0 radical (unpaired) electrons. The summed E-state index contributed by atoms with van der Waals surface area (Å²) in [6.07, 6.45) is 1.43. The van der Waals surface area contributed by atoms with E-state index in [1.807, 2.05) is 0 Å². The smallest absolute Gasteiger partial charge is 0.332 e. The van der Waals surface area contributed by atoms with Gasteiger partial charge in [-0.15, -0.1) is 0 Å². The third-order valence-electron chi connectivity index (χ3n) is 3.01. The molecule has 8 heteroatoms. The highest BCUT2D eigenvalue weighted by atomic mass is 35.5. The summed E-state index contributed by atoms with van der Waals surface area (Å²) in [5.74, 6) is 1.02. The fourth-order valence-electron chi connectivity index (χ4n) is 1.88. The average Bonchev–Trinajstić information content (AvgIpc) is 2.54. The number of hydrazone groups is 1. The van der Waals surface area contributed by atoms with Crippen molar-refractivity contribution in [2.45, 2.75) is 6.61 Å². The first-order valence-electron chi connectivity index (χ1n) is 6.83. The summed E-state index contributed by atoms with van der Waals surface area (Å²) < 4.78 is 11.0. The van der Waals surface area contributed by atoms with Gasteiger partial charge in [0.1, 0.15) is 6.61 Å². The topological polar surface area (TPSA) is 85.9 Å². The lowest BCUT2D eigenvalue weighted by atomic mass is 10.2. The summed E-state index contributed by atoms with van der Waals surface area (Å²) in [6, 6.07) is 9.66. The molecule has 0 unspecified atom stereocenters. The van der Waals surface area contributed by atoms with Crippen LogP contribution >= 0.6 is 23.2 Å². The Morgan fingerprint density at radius 2 is 1.96 bits per heavy atom. The van der Waals surface area contributed by atoms with E-state index in [-0.39, 0.29) is 6.61 Å². The number of carbonyl (C=O) groups excluding carboxylic acids is 1. The molecule has 0 saturated carbocycles. The number of amides is 2. The molecule has 0 aliphatic heterocycles. The van der Waals surface area contributed by atoms with Gasteiger partial charge in [-0.25, -0.2) is 10.2 Å². The third-order valence-corrected chi connectivity index (χ3v) is 3.72. The molecule has 0 aliphatic carbocycles. The Hall–Kier alpha value is -2.44. The summed E-state index contributed by atoms with van der Waals surface area (Å²) in [5.41, 5.74) is 8.42. The second kappa shape index (κ2) is 8.42. The minimum atomic E-state index is -0.746. The van der Waals surface area contributed by atoms with Crippen LogP contribution in [-0.2, 0) is 6.61 Å². The van der Waals surface area contributed by atoms with Gasteiger partial charge >= 0.3 is 6.03 Å². The standard InChI is InChI=1S/C16H15Cl2N3O3/c1-23-14-6-5-10(8-20-21-16(19)22)7-15(14)24-9-11-12(17)3-2-4-13(11)18/h2-8H,9H2,1H3,(H3,19,21,22)/b20-8+. The van der Waals surface area contributed by atoms with E-state index in [9.17, 15) is 4.79 Å². The molecule has 24 heavy (non-hydrogen) atoms. The van der Waals surface area contributed by atoms with Crippen molar-refractivity contribution in [1.29, 1.82) is 0 Å². The zero-order valence-corrected chi connectivity index (χ0v) is 14.3. The molecular weight excluding hydrogens is 353 g/mol. The van der Waals surface area contributed by atoms with E-state index >= 15 is 0 Å². The number of ether oxygens (including phenoxy) is 2. The number of nitrogens with one attached hydrogen (secondary N) is 1. The number of rotatable bonds is 6. The van der Waals surface area contributed by atoms with E-state index in [0.717, 1.165) is 0 Å². The average molecular weight is 368 g/mol. The molecule has 126 valence electrons. The number of nitrogens with two attached hydrogens (primary N) is 1. The Bertz CT molecular complexity index is 746. The van der Waals surface area contributed by atoms with Gasteiger partial charge in [-0.2, -0.15) is 5.10 Å². The van der Waals surface area contributed by atoms with E-state index in [4.69, 9.17) is 38.4 Å². The molecule has 0 aliphatic rings. The quantitative estimate of drug-likeness (QED) is 0.604. The Morgan fingerprint density at radius 3 is 2.58 bits per heavy atom. The van der Waals surface area contributed by atoms with Crippen molar-refractivity contribution < 1.29 is 14.3 Å². The Kier molecular flexibility index (Phi) is 6.28. The highest BCUT2D eigenvalue weighted by molar-refractivity contribution is 6.35. The molecule has 3 N–H and O–H groups in total. The maximum Gasteiger partial charge on any atom is 0.332 e. The lowest BCUT2D eigenvalue weighted by molar-refractivity contribution is 0.249. The van der Waals surface area contributed by atoms with E-state index in [1.54, 1.807) is 36.4 Å². The van der Waals surface area contributed by atoms with Crippen molar-refractivity contribution in [2.24, 2.45) is 10.8 Å². The van der Waals surface area contributed by atoms with Crippen molar-refractivity contribution in [3.8, 4) is 11.5 Å². The van der Waals surface area contributed by atoms with Gasteiger partial charge in [0.25, 0.3) is 0 Å². The van der Waals surface area contributed by atoms with Crippen molar-refractivity contribution >= 4 is 35.4 Å². The van der Waals surface area contributed by atoms with Gasteiger partial charge in [-0.1, -0.05) is 29.3 Å². The second-order valence-corrected chi connectivity index (χ2v) is 5.45. The number of urea groups is 1. The van der Waals surface area contributed by atoms with Crippen molar-refractivity contribution in [1.82, 2.24) is 5.43 Å². The molecule has 6 nitrogen and oxygen atoms in total. The number of benzene rings is 2. The zero-order valence-electron chi connectivity index (χ0n) is 12.8. The monoisotopic (exact) mass is 367 g/mol. The fourth-order valence-corrected chi connectivity index (χ4v) is 2.38. The van der Waals surface area contributed by atoms with Crippen LogP contribution in [0.3, 0.4) is 0 Å². The van der Waals surface area contributed by atoms with Gasteiger partial charge in [-0.05, 0) is 35.9 Å². The maximum atomic E-state index is 10.6. The first-order valence-corrected chi connectivity index (χ1v) is 7.59. The number of hydrogen-bond donors (Lipinski definition) is 2. The van der Waals surface area contributed by atoms with E-state index in [0.29, 0.717) is 32.7 Å². The molecule has 0 spiro atoms. The highest BCUT2D eigenvalue weighted by Crippen LogP contribution is 2.31. The van der Waals surface area contributed by atoms with Gasteiger partial charge < -0.3 is 15.2 Å². The van der Waals surface area contributed by atoms with Crippen LogP contribution in [0.15, 0.2) is 41.5 Å². The van der Waals surface area contributed by atoms with Crippen LogP contribution in [-0.4, -0.2) is 19.4 Å². The van der Waals surface area contributed by atoms with Gasteiger partial charge in [0.15, 0.2) is 11.5 Å². The number of carbonyl (C=O) groups is 1. The number of primary amides is 1. The van der Waals surface area contributed by atoms with E-state index < -0.39 is 6.03 Å². The summed E-state index contributed by atoms with van der Waals surface area (Å²) in [6.45, 7) is 0.176. The summed E-state index contributed by atoms with van der Waals surface area (Å²) in [5, 5.41) is 4.73.